The lowest BCUT2D eigenvalue weighted by molar-refractivity contribution is -0.113. The van der Waals surface area contributed by atoms with Gasteiger partial charge in [-0.2, -0.15) is 0 Å². The van der Waals surface area contributed by atoms with Gasteiger partial charge in [-0.15, -0.1) is 10.2 Å². The number of likely N-dealkylation sites (tertiary alicyclic amines) is 1. The number of aryl methyl sites for hydroxylation is 2. The molecule has 162 valence electrons. The molecule has 1 aliphatic heterocycles. The summed E-state index contributed by atoms with van der Waals surface area (Å²) in [6.45, 7) is 7.76. The van der Waals surface area contributed by atoms with Crippen LogP contribution in [0.5, 0.6) is 0 Å². The Morgan fingerprint density at radius 3 is 2.58 bits per heavy atom. The highest BCUT2D eigenvalue weighted by atomic mass is 32.2. The zero-order valence-corrected chi connectivity index (χ0v) is 19.0. The molecule has 1 fully saturated rings. The predicted molar refractivity (Wildman–Crippen MR) is 125 cm³/mol. The number of benzene rings is 2. The van der Waals surface area contributed by atoms with Crippen LogP contribution in [-0.4, -0.2) is 44.4 Å². The Balaban J connectivity index is 1.46. The number of rotatable bonds is 8. The fourth-order valence-electron chi connectivity index (χ4n) is 3.80. The molecule has 3 aromatic rings. The minimum atomic E-state index is -0.0333. The molecule has 0 saturated carbocycles. The van der Waals surface area contributed by atoms with E-state index in [-0.39, 0.29) is 5.91 Å². The van der Waals surface area contributed by atoms with Crippen LogP contribution in [0.4, 0.5) is 5.69 Å². The van der Waals surface area contributed by atoms with Gasteiger partial charge < -0.3 is 9.88 Å². The molecule has 0 aliphatic carbocycles. The van der Waals surface area contributed by atoms with Crippen LogP contribution < -0.4 is 5.32 Å². The number of aromatic nitrogens is 3. The monoisotopic (exact) mass is 435 g/mol. The summed E-state index contributed by atoms with van der Waals surface area (Å²) in [6.07, 6.45) is 2.49. The van der Waals surface area contributed by atoms with Crippen LogP contribution in [0.15, 0.2) is 53.7 Å². The smallest absolute Gasteiger partial charge is 0.234 e. The van der Waals surface area contributed by atoms with Crippen molar-refractivity contribution in [1.29, 1.82) is 0 Å². The van der Waals surface area contributed by atoms with E-state index < -0.39 is 0 Å². The van der Waals surface area contributed by atoms with Gasteiger partial charge in [-0.1, -0.05) is 54.2 Å². The zero-order valence-electron chi connectivity index (χ0n) is 18.2. The molecule has 0 radical (unpaired) electrons. The molecule has 1 amide bonds. The Morgan fingerprint density at radius 1 is 1.03 bits per heavy atom. The predicted octanol–water partition coefficient (Wildman–Crippen LogP) is 4.27. The van der Waals surface area contributed by atoms with Crippen LogP contribution in [0.3, 0.4) is 0 Å². The molecule has 1 aliphatic rings. The molecule has 0 atom stereocenters. The summed E-state index contributed by atoms with van der Waals surface area (Å²) < 4.78 is 2.16. The first-order valence-electron chi connectivity index (χ1n) is 10.8. The van der Waals surface area contributed by atoms with Gasteiger partial charge in [-0.05, 0) is 62.5 Å². The molecule has 0 spiro atoms. The van der Waals surface area contributed by atoms with Gasteiger partial charge >= 0.3 is 0 Å². The molecule has 7 heteroatoms. The number of hydrogen-bond donors (Lipinski definition) is 1. The van der Waals surface area contributed by atoms with E-state index in [0.29, 0.717) is 12.3 Å². The van der Waals surface area contributed by atoms with Gasteiger partial charge in [0.25, 0.3) is 0 Å². The normalized spacial score (nSPS) is 14.1. The standard InChI is InChI=1S/C24H29N5OS/c1-18-10-11-19(2)21(14-18)25-23(30)17-31-24-27-26-22(16-28-12-6-7-13-28)29(24)15-20-8-4-3-5-9-20/h3-5,8-11,14H,6-7,12-13,15-17H2,1-2H3,(H,25,30). The van der Waals surface area contributed by atoms with E-state index in [4.69, 9.17) is 0 Å². The lowest BCUT2D eigenvalue weighted by Gasteiger charge is -2.16. The Bertz CT molecular complexity index is 1030. The maximum Gasteiger partial charge on any atom is 0.234 e. The molecule has 31 heavy (non-hydrogen) atoms. The lowest BCUT2D eigenvalue weighted by Crippen LogP contribution is -2.22. The Hall–Kier alpha value is -2.64. The summed E-state index contributed by atoms with van der Waals surface area (Å²) in [7, 11) is 0. The van der Waals surface area contributed by atoms with Crippen molar-refractivity contribution < 1.29 is 4.79 Å². The summed E-state index contributed by atoms with van der Waals surface area (Å²) in [5.74, 6) is 1.22. The third-order valence-electron chi connectivity index (χ3n) is 5.54. The molecule has 0 unspecified atom stereocenters. The molecule has 2 aromatic carbocycles. The van der Waals surface area contributed by atoms with Crippen molar-refractivity contribution in [3.8, 4) is 0 Å². The second-order valence-corrected chi connectivity index (χ2v) is 9.05. The fraction of sp³-hybridized carbons (Fsp3) is 0.375. The van der Waals surface area contributed by atoms with Crippen LogP contribution in [0.25, 0.3) is 0 Å². The van der Waals surface area contributed by atoms with E-state index in [1.807, 2.05) is 50.2 Å². The van der Waals surface area contributed by atoms with Crippen LogP contribution >= 0.6 is 11.8 Å². The first-order valence-corrected chi connectivity index (χ1v) is 11.8. The van der Waals surface area contributed by atoms with Crippen LogP contribution in [0.2, 0.25) is 0 Å². The maximum atomic E-state index is 12.6. The molecule has 0 bridgehead atoms. The maximum absolute atomic E-state index is 12.6. The summed E-state index contributed by atoms with van der Waals surface area (Å²) in [4.78, 5) is 15.0. The van der Waals surface area contributed by atoms with E-state index in [9.17, 15) is 4.79 Å². The molecule has 2 heterocycles. The van der Waals surface area contributed by atoms with E-state index in [1.54, 1.807) is 0 Å². The first kappa shape index (κ1) is 21.6. The van der Waals surface area contributed by atoms with Crippen LogP contribution in [-0.2, 0) is 17.9 Å². The topological polar surface area (TPSA) is 63.1 Å². The van der Waals surface area contributed by atoms with Crippen molar-refractivity contribution in [2.75, 3.05) is 24.2 Å². The van der Waals surface area contributed by atoms with E-state index >= 15 is 0 Å². The van der Waals surface area contributed by atoms with Gasteiger partial charge in [0.2, 0.25) is 5.91 Å². The van der Waals surface area contributed by atoms with E-state index in [1.165, 1.54) is 30.2 Å². The molecule has 6 nitrogen and oxygen atoms in total. The average molecular weight is 436 g/mol. The summed E-state index contributed by atoms with van der Waals surface area (Å²) in [6, 6.07) is 16.4. The van der Waals surface area contributed by atoms with Gasteiger partial charge in [0.05, 0.1) is 18.8 Å². The number of amides is 1. The molecule has 1 N–H and O–H groups in total. The lowest BCUT2D eigenvalue weighted by atomic mass is 10.1. The molecular weight excluding hydrogens is 406 g/mol. The van der Waals surface area contributed by atoms with Crippen molar-refractivity contribution in [2.24, 2.45) is 0 Å². The number of hydrogen-bond acceptors (Lipinski definition) is 5. The Kier molecular flexibility index (Phi) is 7.04. The second kappa shape index (κ2) is 10.1. The second-order valence-electron chi connectivity index (χ2n) is 8.11. The van der Waals surface area contributed by atoms with Crippen molar-refractivity contribution in [2.45, 2.75) is 44.9 Å². The summed E-state index contributed by atoms with van der Waals surface area (Å²) >= 11 is 1.44. The third-order valence-corrected chi connectivity index (χ3v) is 6.51. The number of nitrogens with one attached hydrogen (secondary N) is 1. The zero-order chi connectivity index (χ0) is 21.6. The van der Waals surface area contributed by atoms with Gasteiger partial charge in [0, 0.05) is 5.69 Å². The highest BCUT2D eigenvalue weighted by Crippen LogP contribution is 2.22. The van der Waals surface area contributed by atoms with Crippen LogP contribution in [0.1, 0.15) is 35.4 Å². The van der Waals surface area contributed by atoms with Gasteiger partial charge in [-0.3, -0.25) is 9.69 Å². The van der Waals surface area contributed by atoms with E-state index in [0.717, 1.165) is 47.4 Å². The molecule has 4 rings (SSSR count). The van der Waals surface area contributed by atoms with Gasteiger partial charge in [-0.25, -0.2) is 0 Å². The number of thioether (sulfide) groups is 1. The molecule has 1 aromatic heterocycles. The number of carbonyl (C=O) groups excluding carboxylic acids is 1. The van der Waals surface area contributed by atoms with Crippen molar-refractivity contribution in [1.82, 2.24) is 19.7 Å². The average Bonchev–Trinajstić information content (AvgIpc) is 3.41. The highest BCUT2D eigenvalue weighted by Gasteiger charge is 2.19. The van der Waals surface area contributed by atoms with Gasteiger partial charge in [0.1, 0.15) is 5.82 Å². The van der Waals surface area contributed by atoms with Crippen molar-refractivity contribution in [3.05, 3.63) is 71.0 Å². The van der Waals surface area contributed by atoms with Crippen LogP contribution in [0, 0.1) is 13.8 Å². The number of carbonyl (C=O) groups is 1. The largest absolute Gasteiger partial charge is 0.325 e. The third kappa shape index (κ3) is 5.74. The minimum Gasteiger partial charge on any atom is -0.325 e. The quantitative estimate of drug-likeness (QED) is 0.536. The highest BCUT2D eigenvalue weighted by molar-refractivity contribution is 7.99. The molecular formula is C24H29N5OS. The SMILES string of the molecule is Cc1ccc(C)c(NC(=O)CSc2nnc(CN3CCCC3)n2Cc2ccccc2)c1. The Labute approximate surface area is 188 Å². The van der Waals surface area contributed by atoms with E-state index in [2.05, 4.69) is 37.1 Å². The van der Waals surface area contributed by atoms with Crippen molar-refractivity contribution in [3.63, 3.8) is 0 Å². The van der Waals surface area contributed by atoms with Crippen molar-refractivity contribution >= 4 is 23.4 Å². The van der Waals surface area contributed by atoms with Gasteiger partial charge in [0.15, 0.2) is 5.16 Å². The molecule has 1 saturated heterocycles. The summed E-state index contributed by atoms with van der Waals surface area (Å²) in [5.41, 5.74) is 4.25. The first-order chi connectivity index (χ1) is 15.1. The number of anilines is 1. The summed E-state index contributed by atoms with van der Waals surface area (Å²) in [5, 5.41) is 12.7. The minimum absolute atomic E-state index is 0.0333. The number of nitrogens with zero attached hydrogens (tertiary/aromatic N) is 4. The Morgan fingerprint density at radius 2 is 1.81 bits per heavy atom. The fourth-order valence-corrected chi connectivity index (χ4v) is 4.55.